The van der Waals surface area contributed by atoms with Crippen LogP contribution < -0.4 is 5.73 Å². The van der Waals surface area contributed by atoms with Crippen LogP contribution in [0.2, 0.25) is 0 Å². The molecular weight excluding hydrogens is 256 g/mol. The summed E-state index contributed by atoms with van der Waals surface area (Å²) in [6.45, 7) is 1.03. The van der Waals surface area contributed by atoms with Gasteiger partial charge in [-0.3, -0.25) is 0 Å². The molecular formula is C11H16N2O4S. The molecule has 2 saturated heterocycles. The highest BCUT2D eigenvalue weighted by atomic mass is 32.2. The molecule has 0 radical (unpaired) electrons. The van der Waals surface area contributed by atoms with Crippen LogP contribution in [0.25, 0.3) is 0 Å². The third-order valence-electron chi connectivity index (χ3n) is 3.44. The monoisotopic (exact) mass is 272 g/mol. The molecule has 2 fully saturated rings. The van der Waals surface area contributed by atoms with Gasteiger partial charge in [-0.25, -0.2) is 8.42 Å². The summed E-state index contributed by atoms with van der Waals surface area (Å²) in [6.07, 6.45) is 1.93. The van der Waals surface area contributed by atoms with Gasteiger partial charge in [-0.2, -0.15) is 4.31 Å². The first-order chi connectivity index (χ1) is 8.59. The lowest BCUT2D eigenvalue weighted by Gasteiger charge is -2.30. The van der Waals surface area contributed by atoms with E-state index in [0.29, 0.717) is 18.8 Å². The normalized spacial score (nSPS) is 28.7. The fraction of sp³-hybridized carbons (Fsp3) is 0.636. The van der Waals surface area contributed by atoms with Gasteiger partial charge in [0, 0.05) is 13.1 Å². The summed E-state index contributed by atoms with van der Waals surface area (Å²) in [4.78, 5) is 0. The molecule has 7 heteroatoms. The summed E-state index contributed by atoms with van der Waals surface area (Å²) in [5.74, 6) is 0.477. The average Bonchev–Trinajstić information content (AvgIpc) is 2.96. The zero-order chi connectivity index (χ0) is 12.8. The number of hydrogen-bond acceptors (Lipinski definition) is 5. The highest BCUT2D eigenvalue weighted by molar-refractivity contribution is 7.89. The summed E-state index contributed by atoms with van der Waals surface area (Å²) in [5, 5.41) is -0.0238. The van der Waals surface area contributed by atoms with E-state index in [4.69, 9.17) is 14.9 Å². The van der Waals surface area contributed by atoms with E-state index in [9.17, 15) is 8.42 Å². The van der Waals surface area contributed by atoms with E-state index in [1.807, 2.05) is 0 Å². The fourth-order valence-electron chi connectivity index (χ4n) is 2.51. The van der Waals surface area contributed by atoms with Gasteiger partial charge in [0.05, 0.1) is 18.8 Å². The Morgan fingerprint density at radius 1 is 1.28 bits per heavy atom. The van der Waals surface area contributed by atoms with Gasteiger partial charge in [0.2, 0.25) is 5.09 Å². The van der Waals surface area contributed by atoms with Crippen molar-refractivity contribution >= 4 is 10.0 Å². The van der Waals surface area contributed by atoms with Crippen molar-refractivity contribution in [3.8, 4) is 0 Å². The van der Waals surface area contributed by atoms with Crippen molar-refractivity contribution < 1.29 is 17.6 Å². The lowest BCUT2D eigenvalue weighted by molar-refractivity contribution is -0.0118. The Labute approximate surface area is 106 Å². The van der Waals surface area contributed by atoms with Gasteiger partial charge in [0.15, 0.2) is 0 Å². The second kappa shape index (κ2) is 4.34. The molecule has 1 aromatic rings. The molecule has 2 N–H and O–H groups in total. The molecule has 2 bridgehead atoms. The minimum atomic E-state index is -3.55. The predicted octanol–water partition coefficient (Wildman–Crippen LogP) is 0.290. The topological polar surface area (TPSA) is 85.8 Å². The number of ether oxygens (including phenoxy) is 1. The molecule has 2 aliphatic heterocycles. The second-order valence-corrected chi connectivity index (χ2v) is 6.57. The minimum absolute atomic E-state index is 0.0238. The third kappa shape index (κ3) is 1.97. The van der Waals surface area contributed by atoms with Crippen molar-refractivity contribution in [1.82, 2.24) is 4.31 Å². The minimum Gasteiger partial charge on any atom is -0.447 e. The molecule has 2 unspecified atom stereocenters. The van der Waals surface area contributed by atoms with Gasteiger partial charge in [0.25, 0.3) is 10.0 Å². The predicted molar refractivity (Wildman–Crippen MR) is 63.3 cm³/mol. The lowest BCUT2D eigenvalue weighted by Crippen LogP contribution is -2.45. The molecule has 2 aliphatic rings. The Bertz CT molecular complexity index is 527. The van der Waals surface area contributed by atoms with E-state index in [0.717, 1.165) is 12.8 Å². The number of nitrogens with two attached hydrogens (primary N) is 1. The number of sulfonamides is 1. The van der Waals surface area contributed by atoms with Gasteiger partial charge in [0.1, 0.15) is 5.76 Å². The molecule has 0 aliphatic carbocycles. The van der Waals surface area contributed by atoms with Crippen LogP contribution in [0.1, 0.15) is 18.6 Å². The summed E-state index contributed by atoms with van der Waals surface area (Å²) in [5.41, 5.74) is 5.42. The fourth-order valence-corrected chi connectivity index (χ4v) is 3.94. The van der Waals surface area contributed by atoms with E-state index in [2.05, 4.69) is 0 Å². The quantitative estimate of drug-likeness (QED) is 0.854. The molecule has 0 saturated carbocycles. The SMILES string of the molecule is NCc1ccc(S(=O)(=O)N2CC3CCC(C2)O3)o1. The largest absolute Gasteiger partial charge is 0.447 e. The van der Waals surface area contributed by atoms with Crippen LogP contribution in [0, 0.1) is 0 Å². The summed E-state index contributed by atoms with van der Waals surface area (Å²) < 4.78 is 37.1. The number of morpholine rings is 1. The van der Waals surface area contributed by atoms with Crippen LogP contribution >= 0.6 is 0 Å². The summed E-state index contributed by atoms with van der Waals surface area (Å²) in [7, 11) is -3.55. The van der Waals surface area contributed by atoms with Gasteiger partial charge < -0.3 is 14.9 Å². The molecule has 0 amide bonds. The summed E-state index contributed by atoms with van der Waals surface area (Å²) >= 11 is 0. The Hall–Kier alpha value is -0.890. The maximum absolute atomic E-state index is 12.4. The Kier molecular flexibility index (Phi) is 2.93. The Morgan fingerprint density at radius 3 is 2.50 bits per heavy atom. The van der Waals surface area contributed by atoms with Crippen LogP contribution in [-0.2, 0) is 21.3 Å². The van der Waals surface area contributed by atoms with Gasteiger partial charge in [-0.15, -0.1) is 0 Å². The van der Waals surface area contributed by atoms with Crippen LogP contribution in [0.4, 0.5) is 0 Å². The number of furan rings is 1. The van der Waals surface area contributed by atoms with Crippen molar-refractivity contribution in [1.29, 1.82) is 0 Å². The standard InChI is InChI=1S/C11H16N2O4S/c12-5-8-3-4-11(17-8)18(14,15)13-6-9-1-2-10(7-13)16-9/h3-4,9-10H,1-2,5-7,12H2. The van der Waals surface area contributed by atoms with Crippen LogP contribution in [0.15, 0.2) is 21.6 Å². The smallest absolute Gasteiger partial charge is 0.276 e. The molecule has 100 valence electrons. The zero-order valence-electron chi connectivity index (χ0n) is 9.91. The maximum Gasteiger partial charge on any atom is 0.276 e. The lowest BCUT2D eigenvalue weighted by atomic mass is 10.2. The number of nitrogens with zero attached hydrogens (tertiary/aromatic N) is 1. The summed E-state index contributed by atoms with van der Waals surface area (Å²) in [6, 6.07) is 3.07. The molecule has 2 atom stereocenters. The highest BCUT2D eigenvalue weighted by Gasteiger charge is 2.40. The van der Waals surface area contributed by atoms with Crippen LogP contribution in [0.5, 0.6) is 0 Å². The first kappa shape index (κ1) is 12.2. The van der Waals surface area contributed by atoms with E-state index >= 15 is 0 Å². The van der Waals surface area contributed by atoms with Gasteiger partial charge in [-0.05, 0) is 25.0 Å². The van der Waals surface area contributed by atoms with Crippen LogP contribution in [0.3, 0.4) is 0 Å². The van der Waals surface area contributed by atoms with E-state index < -0.39 is 10.0 Å². The molecule has 1 aromatic heterocycles. The first-order valence-electron chi connectivity index (χ1n) is 6.04. The van der Waals surface area contributed by atoms with E-state index in [1.54, 1.807) is 6.07 Å². The van der Waals surface area contributed by atoms with Crippen LogP contribution in [-0.4, -0.2) is 38.0 Å². The van der Waals surface area contributed by atoms with Gasteiger partial charge in [-0.1, -0.05) is 0 Å². The average molecular weight is 272 g/mol. The first-order valence-corrected chi connectivity index (χ1v) is 7.48. The Morgan fingerprint density at radius 2 is 1.94 bits per heavy atom. The van der Waals surface area contributed by atoms with Crippen molar-refractivity contribution in [3.63, 3.8) is 0 Å². The van der Waals surface area contributed by atoms with E-state index in [1.165, 1.54) is 10.4 Å². The van der Waals surface area contributed by atoms with E-state index in [-0.39, 0.29) is 23.8 Å². The molecule has 3 heterocycles. The third-order valence-corrected chi connectivity index (χ3v) is 5.15. The number of fused-ring (bicyclic) bond motifs is 2. The van der Waals surface area contributed by atoms with Crippen molar-refractivity contribution in [2.24, 2.45) is 5.73 Å². The van der Waals surface area contributed by atoms with Crippen molar-refractivity contribution in [2.45, 2.75) is 36.7 Å². The highest BCUT2D eigenvalue weighted by Crippen LogP contribution is 2.30. The zero-order valence-corrected chi connectivity index (χ0v) is 10.7. The Balaban J connectivity index is 1.86. The van der Waals surface area contributed by atoms with Crippen molar-refractivity contribution in [3.05, 3.63) is 17.9 Å². The molecule has 18 heavy (non-hydrogen) atoms. The number of hydrogen-bond donors (Lipinski definition) is 1. The number of rotatable bonds is 3. The maximum atomic E-state index is 12.4. The van der Waals surface area contributed by atoms with Crippen molar-refractivity contribution in [2.75, 3.05) is 13.1 Å². The molecule has 0 aromatic carbocycles. The molecule has 0 spiro atoms. The van der Waals surface area contributed by atoms with Gasteiger partial charge >= 0.3 is 0 Å². The molecule has 6 nitrogen and oxygen atoms in total. The second-order valence-electron chi connectivity index (χ2n) is 4.70. The molecule has 3 rings (SSSR count).